The van der Waals surface area contributed by atoms with Gasteiger partial charge >= 0.3 is 0 Å². The zero-order chi connectivity index (χ0) is 23.3. The minimum Gasteiger partial charge on any atom is -0.490 e. The maximum atomic E-state index is 12.2. The Morgan fingerprint density at radius 1 is 0.939 bits per heavy atom. The zero-order valence-electron chi connectivity index (χ0n) is 19.5. The Kier molecular flexibility index (Phi) is 7.37. The molecule has 2 N–H and O–H groups in total. The third-order valence-corrected chi connectivity index (χ3v) is 7.09. The maximum Gasteiger partial charge on any atom is 0.219 e. The quantitative estimate of drug-likeness (QED) is 0.705. The van der Waals surface area contributed by atoms with Crippen LogP contribution in [0.4, 0.5) is 0 Å². The molecule has 2 fully saturated rings. The van der Waals surface area contributed by atoms with Crippen molar-refractivity contribution in [1.29, 1.82) is 0 Å². The lowest BCUT2D eigenvalue weighted by Crippen LogP contribution is -2.54. The van der Waals surface area contributed by atoms with Crippen LogP contribution in [0, 0.1) is 0 Å². The summed E-state index contributed by atoms with van der Waals surface area (Å²) in [4.78, 5) is 15.9. The van der Waals surface area contributed by atoms with E-state index in [1.807, 2.05) is 36.4 Å². The summed E-state index contributed by atoms with van der Waals surface area (Å²) in [6, 6.07) is 19.9. The standard InChI is InChI=1S/C27H36N2O4/c1-22(30)29-17-16-28(19-27(32,20-29)21-33-25-10-6-3-7-11-25)18-26(31)14-12-24(13-15-26)23-8-4-2-5-9-23/h2-11,24,31-32H,12-21H2,1H3/t24?,26?,27-/m0/s1. The Labute approximate surface area is 196 Å². The molecule has 1 saturated carbocycles. The molecule has 178 valence electrons. The number of carbonyl (C=O) groups is 1. The number of amides is 1. The second kappa shape index (κ2) is 10.2. The highest BCUT2D eigenvalue weighted by Crippen LogP contribution is 2.38. The van der Waals surface area contributed by atoms with Crippen molar-refractivity contribution in [3.63, 3.8) is 0 Å². The van der Waals surface area contributed by atoms with Crippen LogP contribution in [0.15, 0.2) is 60.7 Å². The van der Waals surface area contributed by atoms with Crippen molar-refractivity contribution in [2.24, 2.45) is 0 Å². The molecule has 33 heavy (non-hydrogen) atoms. The third kappa shape index (κ3) is 6.34. The van der Waals surface area contributed by atoms with Gasteiger partial charge in [0.05, 0.1) is 12.1 Å². The SMILES string of the molecule is CC(=O)N1CCN(CC2(O)CCC(c3ccccc3)CC2)C[C@@](O)(COc2ccccc2)C1. The predicted molar refractivity (Wildman–Crippen MR) is 128 cm³/mol. The van der Waals surface area contributed by atoms with E-state index in [-0.39, 0.29) is 19.1 Å². The molecule has 1 aliphatic carbocycles. The molecule has 2 aromatic rings. The van der Waals surface area contributed by atoms with Gasteiger partial charge in [-0.1, -0.05) is 48.5 Å². The highest BCUT2D eigenvalue weighted by atomic mass is 16.5. The van der Waals surface area contributed by atoms with Gasteiger partial charge < -0.3 is 19.8 Å². The van der Waals surface area contributed by atoms with Gasteiger partial charge in [-0.15, -0.1) is 0 Å². The minimum atomic E-state index is -1.21. The van der Waals surface area contributed by atoms with Crippen LogP contribution >= 0.6 is 0 Å². The normalized spacial score (nSPS) is 28.8. The van der Waals surface area contributed by atoms with E-state index in [0.717, 1.165) is 25.7 Å². The number of hydrogen-bond acceptors (Lipinski definition) is 5. The molecule has 6 nitrogen and oxygen atoms in total. The summed E-state index contributed by atoms with van der Waals surface area (Å²) in [5.41, 5.74) is -0.646. The van der Waals surface area contributed by atoms with Crippen LogP contribution in [0.3, 0.4) is 0 Å². The van der Waals surface area contributed by atoms with E-state index in [1.54, 1.807) is 4.90 Å². The lowest BCUT2D eigenvalue weighted by molar-refractivity contribution is -0.132. The summed E-state index contributed by atoms with van der Waals surface area (Å²) >= 11 is 0. The topological polar surface area (TPSA) is 73.2 Å². The number of β-amino-alcohol motifs (C(OH)–C–C–N with tert-alkyl or cyclic N) is 2. The number of rotatable bonds is 6. The van der Waals surface area contributed by atoms with E-state index in [1.165, 1.54) is 12.5 Å². The summed E-state index contributed by atoms with van der Waals surface area (Å²) in [5, 5.41) is 22.9. The third-order valence-electron chi connectivity index (χ3n) is 7.09. The highest BCUT2D eigenvalue weighted by Gasteiger charge is 2.41. The van der Waals surface area contributed by atoms with Crippen LogP contribution in [0.1, 0.15) is 44.1 Å². The molecule has 0 spiro atoms. The molecule has 6 heteroatoms. The Bertz CT molecular complexity index is 899. The Balaban J connectivity index is 1.40. The number of ether oxygens (including phenoxy) is 1. The van der Waals surface area contributed by atoms with Crippen LogP contribution < -0.4 is 4.74 Å². The molecule has 0 radical (unpaired) electrons. The molecular formula is C27H36N2O4. The first-order valence-corrected chi connectivity index (χ1v) is 12.0. The molecule has 2 aliphatic rings. The van der Waals surface area contributed by atoms with Crippen molar-refractivity contribution in [1.82, 2.24) is 9.80 Å². The highest BCUT2D eigenvalue weighted by molar-refractivity contribution is 5.73. The molecule has 4 rings (SSSR count). The van der Waals surface area contributed by atoms with Crippen molar-refractivity contribution < 1.29 is 19.7 Å². The zero-order valence-corrected chi connectivity index (χ0v) is 19.5. The second-order valence-electron chi connectivity index (χ2n) is 9.89. The molecule has 0 unspecified atom stereocenters. The van der Waals surface area contributed by atoms with Crippen LogP contribution in [0.2, 0.25) is 0 Å². The fourth-order valence-corrected chi connectivity index (χ4v) is 5.26. The first-order chi connectivity index (χ1) is 15.8. The molecule has 0 bridgehead atoms. The average molecular weight is 453 g/mol. The number of carbonyl (C=O) groups excluding carboxylic acids is 1. The molecule has 1 aliphatic heterocycles. The molecule has 1 amide bonds. The summed E-state index contributed by atoms with van der Waals surface area (Å²) < 4.78 is 5.88. The van der Waals surface area contributed by atoms with Crippen molar-refractivity contribution in [3.8, 4) is 5.75 Å². The molecule has 1 heterocycles. The number of para-hydroxylation sites is 1. The van der Waals surface area contributed by atoms with Gasteiger partial charge in [-0.3, -0.25) is 9.69 Å². The lowest BCUT2D eigenvalue weighted by atomic mass is 9.76. The fourth-order valence-electron chi connectivity index (χ4n) is 5.26. The van der Waals surface area contributed by atoms with E-state index in [0.29, 0.717) is 37.8 Å². The molecule has 0 aromatic heterocycles. The smallest absolute Gasteiger partial charge is 0.219 e. The van der Waals surface area contributed by atoms with Gasteiger partial charge in [0, 0.05) is 33.1 Å². The summed E-state index contributed by atoms with van der Waals surface area (Å²) in [5.74, 6) is 1.12. The van der Waals surface area contributed by atoms with Crippen LogP contribution in [-0.4, -0.2) is 76.5 Å². The number of benzene rings is 2. The van der Waals surface area contributed by atoms with E-state index in [2.05, 4.69) is 29.2 Å². The number of nitrogens with zero attached hydrogens (tertiary/aromatic N) is 2. The molecule has 2 aromatic carbocycles. The van der Waals surface area contributed by atoms with Crippen LogP contribution in [0.5, 0.6) is 5.75 Å². The van der Waals surface area contributed by atoms with Gasteiger partial charge in [-0.05, 0) is 49.3 Å². The van der Waals surface area contributed by atoms with Gasteiger partial charge in [0.2, 0.25) is 5.91 Å². The number of hydrogen-bond donors (Lipinski definition) is 2. The van der Waals surface area contributed by atoms with E-state index < -0.39 is 11.2 Å². The second-order valence-corrected chi connectivity index (χ2v) is 9.89. The van der Waals surface area contributed by atoms with Crippen molar-refractivity contribution in [3.05, 3.63) is 66.2 Å². The van der Waals surface area contributed by atoms with Crippen molar-refractivity contribution in [2.45, 2.75) is 49.7 Å². The van der Waals surface area contributed by atoms with Crippen molar-refractivity contribution in [2.75, 3.05) is 39.3 Å². The first-order valence-electron chi connectivity index (χ1n) is 12.0. The first kappa shape index (κ1) is 23.7. The molecular weight excluding hydrogens is 416 g/mol. The Hall–Kier alpha value is -2.41. The van der Waals surface area contributed by atoms with E-state index in [9.17, 15) is 15.0 Å². The van der Waals surface area contributed by atoms with Gasteiger partial charge in [0.25, 0.3) is 0 Å². The van der Waals surface area contributed by atoms with Gasteiger partial charge in [-0.25, -0.2) is 0 Å². The van der Waals surface area contributed by atoms with Crippen molar-refractivity contribution >= 4 is 5.91 Å². The summed E-state index contributed by atoms with van der Waals surface area (Å²) in [6.45, 7) is 3.85. The van der Waals surface area contributed by atoms with E-state index in [4.69, 9.17) is 4.74 Å². The Morgan fingerprint density at radius 3 is 2.21 bits per heavy atom. The Morgan fingerprint density at radius 2 is 1.58 bits per heavy atom. The average Bonchev–Trinajstić information content (AvgIpc) is 2.98. The fraction of sp³-hybridized carbons (Fsp3) is 0.519. The van der Waals surface area contributed by atoms with E-state index >= 15 is 0 Å². The van der Waals surface area contributed by atoms with Crippen LogP contribution in [0.25, 0.3) is 0 Å². The minimum absolute atomic E-state index is 0.0583. The largest absolute Gasteiger partial charge is 0.490 e. The van der Waals surface area contributed by atoms with Gasteiger partial charge in [-0.2, -0.15) is 0 Å². The van der Waals surface area contributed by atoms with Gasteiger partial charge in [0.1, 0.15) is 18.0 Å². The molecule has 1 atom stereocenters. The van der Waals surface area contributed by atoms with Gasteiger partial charge in [0.15, 0.2) is 0 Å². The number of aliphatic hydroxyl groups is 2. The van der Waals surface area contributed by atoms with Crippen LogP contribution in [-0.2, 0) is 4.79 Å². The predicted octanol–water partition coefficient (Wildman–Crippen LogP) is 3.05. The summed E-state index contributed by atoms with van der Waals surface area (Å²) in [6.07, 6.45) is 3.38. The molecule has 1 saturated heterocycles. The summed E-state index contributed by atoms with van der Waals surface area (Å²) in [7, 11) is 0. The maximum absolute atomic E-state index is 12.2. The monoisotopic (exact) mass is 452 g/mol. The lowest BCUT2D eigenvalue weighted by Gasteiger charge is -2.40.